The molecular weight excluding hydrogens is 597 g/mol. The van der Waals surface area contributed by atoms with Gasteiger partial charge in [-0.15, -0.1) is 0 Å². The van der Waals surface area contributed by atoms with Crippen molar-refractivity contribution < 1.29 is 22.7 Å². The molecule has 1 atom stereocenters. The summed E-state index contributed by atoms with van der Waals surface area (Å²) in [5, 5.41) is 3.74. The second-order valence-electron chi connectivity index (χ2n) is 10.2. The van der Waals surface area contributed by atoms with Gasteiger partial charge in [0.15, 0.2) is 0 Å². The van der Waals surface area contributed by atoms with Gasteiger partial charge in [0.2, 0.25) is 11.8 Å². The molecule has 0 heterocycles. The predicted molar refractivity (Wildman–Crippen MR) is 165 cm³/mol. The van der Waals surface area contributed by atoms with Crippen LogP contribution < -0.4 is 14.4 Å². The van der Waals surface area contributed by atoms with E-state index in [0.29, 0.717) is 15.6 Å². The van der Waals surface area contributed by atoms with E-state index in [4.69, 9.17) is 27.9 Å². The average Bonchev–Trinajstić information content (AvgIpc) is 3.00. The Kier molecular flexibility index (Phi) is 10.8. The normalized spacial score (nSPS) is 14.6. The smallest absolute Gasteiger partial charge is 0.264 e. The lowest BCUT2D eigenvalue weighted by atomic mass is 9.95. The molecule has 1 N–H and O–H groups in total. The first-order valence-corrected chi connectivity index (χ1v) is 16.1. The molecular formula is C31H35Cl2N3O5S. The number of benzene rings is 3. The van der Waals surface area contributed by atoms with Crippen molar-refractivity contribution in [3.63, 3.8) is 0 Å². The molecule has 1 fully saturated rings. The van der Waals surface area contributed by atoms with Gasteiger partial charge in [-0.1, -0.05) is 78.9 Å². The third-order valence-electron chi connectivity index (χ3n) is 7.47. The molecule has 11 heteroatoms. The Morgan fingerprint density at radius 2 is 1.55 bits per heavy atom. The van der Waals surface area contributed by atoms with E-state index in [9.17, 15) is 18.0 Å². The second-order valence-corrected chi connectivity index (χ2v) is 12.9. The number of nitrogens with one attached hydrogen (secondary N) is 1. The van der Waals surface area contributed by atoms with Crippen LogP contribution >= 0.6 is 23.2 Å². The van der Waals surface area contributed by atoms with Crippen molar-refractivity contribution in [2.24, 2.45) is 0 Å². The number of methoxy groups -OCH3 is 1. The summed E-state index contributed by atoms with van der Waals surface area (Å²) in [4.78, 5) is 29.0. The minimum absolute atomic E-state index is 0.00694. The van der Waals surface area contributed by atoms with Gasteiger partial charge in [0.05, 0.1) is 17.7 Å². The minimum atomic E-state index is -4.22. The summed E-state index contributed by atoms with van der Waals surface area (Å²) in [7, 11) is -2.79. The molecule has 0 spiro atoms. The number of hydrogen-bond donors (Lipinski definition) is 1. The number of rotatable bonds is 11. The van der Waals surface area contributed by atoms with Gasteiger partial charge in [-0.2, -0.15) is 0 Å². The van der Waals surface area contributed by atoms with E-state index in [1.165, 1.54) is 24.1 Å². The van der Waals surface area contributed by atoms with Crippen LogP contribution in [0.5, 0.6) is 5.75 Å². The lowest BCUT2D eigenvalue weighted by molar-refractivity contribution is -0.139. The molecule has 0 saturated heterocycles. The number of para-hydroxylation sites is 2. The highest BCUT2D eigenvalue weighted by Crippen LogP contribution is 2.33. The van der Waals surface area contributed by atoms with E-state index in [1.54, 1.807) is 67.6 Å². The Hall–Kier alpha value is -3.27. The SMILES string of the molecule is COc1ccccc1N(CC(=O)N(Cc1c(Cl)cccc1Cl)[C@H](C)C(=O)NC1CCCCC1)S(=O)(=O)c1ccccc1. The number of hydrogen-bond acceptors (Lipinski definition) is 5. The number of carbonyl (C=O) groups excluding carboxylic acids is 2. The summed E-state index contributed by atoms with van der Waals surface area (Å²) in [5.74, 6) is -0.663. The first kappa shape index (κ1) is 31.7. The molecule has 224 valence electrons. The van der Waals surface area contributed by atoms with E-state index in [2.05, 4.69) is 5.32 Å². The zero-order valence-electron chi connectivity index (χ0n) is 23.6. The van der Waals surface area contributed by atoms with Crippen LogP contribution in [0.4, 0.5) is 5.69 Å². The largest absolute Gasteiger partial charge is 0.495 e. The van der Waals surface area contributed by atoms with Gasteiger partial charge < -0.3 is 15.0 Å². The number of ether oxygens (including phenoxy) is 1. The Labute approximate surface area is 257 Å². The molecule has 0 unspecified atom stereocenters. The number of carbonyl (C=O) groups is 2. The number of nitrogens with zero attached hydrogens (tertiary/aromatic N) is 2. The molecule has 3 aromatic rings. The fourth-order valence-corrected chi connectivity index (χ4v) is 7.04. The summed E-state index contributed by atoms with van der Waals surface area (Å²) < 4.78 is 34.4. The molecule has 1 aliphatic carbocycles. The van der Waals surface area contributed by atoms with E-state index in [-0.39, 0.29) is 34.8 Å². The lowest BCUT2D eigenvalue weighted by Gasteiger charge is -2.33. The monoisotopic (exact) mass is 631 g/mol. The van der Waals surface area contributed by atoms with Crippen LogP contribution in [-0.2, 0) is 26.2 Å². The maximum absolute atomic E-state index is 14.2. The van der Waals surface area contributed by atoms with Gasteiger partial charge in [0, 0.05) is 28.2 Å². The molecule has 4 rings (SSSR count). The Balaban J connectivity index is 1.73. The molecule has 1 saturated carbocycles. The fourth-order valence-electron chi connectivity index (χ4n) is 5.07. The number of amides is 2. The molecule has 8 nitrogen and oxygen atoms in total. The van der Waals surface area contributed by atoms with Crippen molar-refractivity contribution >= 4 is 50.7 Å². The van der Waals surface area contributed by atoms with Gasteiger partial charge >= 0.3 is 0 Å². The lowest BCUT2D eigenvalue weighted by Crippen LogP contribution is -2.53. The van der Waals surface area contributed by atoms with Crippen molar-refractivity contribution in [2.45, 2.75) is 62.6 Å². The number of halogens is 2. The van der Waals surface area contributed by atoms with Crippen LogP contribution in [0.1, 0.15) is 44.6 Å². The summed E-state index contributed by atoms with van der Waals surface area (Å²) in [6.07, 6.45) is 4.94. The molecule has 0 aromatic heterocycles. The van der Waals surface area contributed by atoms with Crippen molar-refractivity contribution in [1.29, 1.82) is 0 Å². The zero-order valence-corrected chi connectivity index (χ0v) is 26.0. The number of sulfonamides is 1. The van der Waals surface area contributed by atoms with Crippen molar-refractivity contribution in [3.05, 3.63) is 88.4 Å². The first-order valence-electron chi connectivity index (χ1n) is 13.9. The summed E-state index contributed by atoms with van der Waals surface area (Å²) >= 11 is 12.9. The molecule has 1 aliphatic rings. The van der Waals surface area contributed by atoms with E-state index in [1.807, 2.05) is 0 Å². The molecule has 0 bridgehead atoms. The predicted octanol–water partition coefficient (Wildman–Crippen LogP) is 6.06. The van der Waals surface area contributed by atoms with Crippen LogP contribution in [0.15, 0.2) is 77.7 Å². The molecule has 3 aromatic carbocycles. The third-order valence-corrected chi connectivity index (χ3v) is 9.96. The quantitative estimate of drug-likeness (QED) is 0.277. The highest BCUT2D eigenvalue weighted by molar-refractivity contribution is 7.92. The van der Waals surface area contributed by atoms with Crippen LogP contribution in [0, 0.1) is 0 Å². The van der Waals surface area contributed by atoms with E-state index >= 15 is 0 Å². The van der Waals surface area contributed by atoms with Crippen LogP contribution in [-0.4, -0.2) is 50.9 Å². The van der Waals surface area contributed by atoms with Crippen LogP contribution in [0.3, 0.4) is 0 Å². The van der Waals surface area contributed by atoms with Gasteiger partial charge in [-0.3, -0.25) is 13.9 Å². The van der Waals surface area contributed by atoms with Crippen LogP contribution in [0.25, 0.3) is 0 Å². The van der Waals surface area contributed by atoms with Crippen LogP contribution in [0.2, 0.25) is 10.0 Å². The molecule has 0 aliphatic heterocycles. The van der Waals surface area contributed by atoms with Gasteiger partial charge in [-0.05, 0) is 56.2 Å². The molecule has 42 heavy (non-hydrogen) atoms. The van der Waals surface area contributed by atoms with Crippen molar-refractivity contribution in [3.8, 4) is 5.75 Å². The minimum Gasteiger partial charge on any atom is -0.495 e. The number of anilines is 1. The second kappa shape index (κ2) is 14.3. The highest BCUT2D eigenvalue weighted by Gasteiger charge is 2.34. The van der Waals surface area contributed by atoms with Crippen molar-refractivity contribution in [1.82, 2.24) is 10.2 Å². The molecule has 2 amide bonds. The van der Waals surface area contributed by atoms with E-state index in [0.717, 1.165) is 36.4 Å². The Bertz CT molecular complexity index is 1480. The summed E-state index contributed by atoms with van der Waals surface area (Å²) in [5.41, 5.74) is 0.647. The van der Waals surface area contributed by atoms with Gasteiger partial charge in [0.1, 0.15) is 18.3 Å². The van der Waals surface area contributed by atoms with Crippen molar-refractivity contribution in [2.75, 3.05) is 18.0 Å². The first-order chi connectivity index (χ1) is 20.1. The Morgan fingerprint density at radius 1 is 0.929 bits per heavy atom. The fraction of sp³-hybridized carbons (Fsp3) is 0.355. The van der Waals surface area contributed by atoms with Gasteiger partial charge in [0.25, 0.3) is 10.0 Å². The summed E-state index contributed by atoms with van der Waals surface area (Å²) in [6.45, 7) is 0.933. The maximum atomic E-state index is 14.2. The maximum Gasteiger partial charge on any atom is 0.264 e. The standard InChI is InChI=1S/C31H35Cl2N3O5S/c1-22(31(38)34-23-12-5-3-6-13-23)35(20-25-26(32)16-11-17-27(25)33)30(37)21-36(28-18-9-10-19-29(28)41-2)42(39,40)24-14-7-4-8-15-24/h4,7-11,14-19,22-23H,3,5-6,12-13,20-21H2,1-2H3,(H,34,38)/t22-/m1/s1. The topological polar surface area (TPSA) is 96.0 Å². The average molecular weight is 633 g/mol. The Morgan fingerprint density at radius 3 is 2.19 bits per heavy atom. The molecule has 0 radical (unpaired) electrons. The zero-order chi connectivity index (χ0) is 30.3. The summed E-state index contributed by atoms with van der Waals surface area (Å²) in [6, 6.07) is 18.5. The van der Waals surface area contributed by atoms with E-state index < -0.39 is 28.5 Å². The highest BCUT2D eigenvalue weighted by atomic mass is 35.5. The third kappa shape index (κ3) is 7.38. The van der Waals surface area contributed by atoms with Gasteiger partial charge in [-0.25, -0.2) is 8.42 Å².